The van der Waals surface area contributed by atoms with Gasteiger partial charge in [-0.25, -0.2) is 18.4 Å². The summed E-state index contributed by atoms with van der Waals surface area (Å²) in [5.74, 6) is 1.89. The van der Waals surface area contributed by atoms with Gasteiger partial charge in [-0.2, -0.15) is 9.40 Å². The molecule has 0 saturated carbocycles. The molecular formula is C13H20N6O2S. The first-order valence-corrected chi connectivity index (χ1v) is 8.74. The number of aromatic amines is 1. The second-order valence-corrected chi connectivity index (χ2v) is 7.48. The standard InChI is InChI=1S/C13H20N6O2S/c1-9-14-13(17-16-9)11-6-4-5-7-19(11)22(20,21)12-8-18(3)10(2)15-12/h8,11H,4-7H2,1-3H3,(H,14,16,17)/t11-/m1/s1. The van der Waals surface area contributed by atoms with Crippen LogP contribution in [0.25, 0.3) is 0 Å². The van der Waals surface area contributed by atoms with Crippen LogP contribution in [0.1, 0.15) is 42.8 Å². The number of aryl methyl sites for hydroxylation is 3. The van der Waals surface area contributed by atoms with E-state index < -0.39 is 10.0 Å². The number of rotatable bonds is 3. The van der Waals surface area contributed by atoms with E-state index in [0.29, 0.717) is 24.0 Å². The molecule has 8 nitrogen and oxygen atoms in total. The van der Waals surface area contributed by atoms with Crippen molar-refractivity contribution in [2.45, 2.75) is 44.2 Å². The van der Waals surface area contributed by atoms with Crippen molar-refractivity contribution >= 4 is 10.0 Å². The Hall–Kier alpha value is -1.74. The van der Waals surface area contributed by atoms with Gasteiger partial charge in [-0.15, -0.1) is 0 Å². The zero-order valence-corrected chi connectivity index (χ0v) is 13.8. The maximum absolute atomic E-state index is 12.9. The van der Waals surface area contributed by atoms with Gasteiger partial charge in [-0.3, -0.25) is 5.10 Å². The van der Waals surface area contributed by atoms with E-state index in [9.17, 15) is 8.42 Å². The summed E-state index contributed by atoms with van der Waals surface area (Å²) in [6.07, 6.45) is 4.08. The number of aromatic nitrogens is 5. The number of hydrogen-bond donors (Lipinski definition) is 1. The molecule has 1 fully saturated rings. The maximum Gasteiger partial charge on any atom is 0.262 e. The maximum atomic E-state index is 12.9. The predicted molar refractivity (Wildman–Crippen MR) is 79.5 cm³/mol. The van der Waals surface area contributed by atoms with E-state index in [1.165, 1.54) is 4.31 Å². The van der Waals surface area contributed by atoms with Gasteiger partial charge in [0.2, 0.25) is 0 Å². The lowest BCUT2D eigenvalue weighted by molar-refractivity contribution is 0.246. The molecule has 0 aliphatic carbocycles. The van der Waals surface area contributed by atoms with Gasteiger partial charge < -0.3 is 4.57 Å². The molecule has 9 heteroatoms. The van der Waals surface area contributed by atoms with Crippen molar-refractivity contribution in [3.8, 4) is 0 Å². The van der Waals surface area contributed by atoms with Gasteiger partial charge in [0.15, 0.2) is 10.9 Å². The smallest absolute Gasteiger partial charge is 0.262 e. The third-order valence-corrected chi connectivity index (χ3v) is 5.81. The second-order valence-electron chi connectivity index (χ2n) is 5.64. The molecule has 1 aliphatic heterocycles. The molecule has 2 aromatic heterocycles. The van der Waals surface area contributed by atoms with Crippen LogP contribution in [0.3, 0.4) is 0 Å². The van der Waals surface area contributed by atoms with Crippen LogP contribution < -0.4 is 0 Å². The van der Waals surface area contributed by atoms with Crippen LogP contribution in [0.15, 0.2) is 11.2 Å². The van der Waals surface area contributed by atoms with Gasteiger partial charge in [-0.05, 0) is 26.7 Å². The summed E-state index contributed by atoms with van der Waals surface area (Å²) < 4.78 is 29.1. The number of imidazole rings is 1. The van der Waals surface area contributed by atoms with Crippen molar-refractivity contribution in [1.29, 1.82) is 0 Å². The molecule has 22 heavy (non-hydrogen) atoms. The Bertz CT molecular complexity index is 759. The average Bonchev–Trinajstić information content (AvgIpc) is 3.06. The molecule has 1 saturated heterocycles. The van der Waals surface area contributed by atoms with Crippen molar-refractivity contribution in [3.63, 3.8) is 0 Å². The Morgan fingerprint density at radius 3 is 2.64 bits per heavy atom. The van der Waals surface area contributed by atoms with Crippen LogP contribution in [0.2, 0.25) is 0 Å². The lowest BCUT2D eigenvalue weighted by Crippen LogP contribution is -2.39. The molecule has 120 valence electrons. The van der Waals surface area contributed by atoms with E-state index in [1.807, 2.05) is 0 Å². The summed E-state index contributed by atoms with van der Waals surface area (Å²) in [4.78, 5) is 8.49. The molecule has 2 aromatic rings. The molecule has 3 heterocycles. The van der Waals surface area contributed by atoms with Gasteiger partial charge in [0.1, 0.15) is 11.6 Å². The third-order valence-electron chi connectivity index (χ3n) is 4.03. The lowest BCUT2D eigenvalue weighted by atomic mass is 10.0. The summed E-state index contributed by atoms with van der Waals surface area (Å²) in [6, 6.07) is -0.328. The summed E-state index contributed by atoms with van der Waals surface area (Å²) in [5, 5.41) is 7.03. The van der Waals surface area contributed by atoms with E-state index >= 15 is 0 Å². The van der Waals surface area contributed by atoms with Crippen LogP contribution in [0, 0.1) is 13.8 Å². The van der Waals surface area contributed by atoms with E-state index in [0.717, 1.165) is 19.3 Å². The highest BCUT2D eigenvalue weighted by molar-refractivity contribution is 7.89. The van der Waals surface area contributed by atoms with Crippen LogP contribution in [-0.4, -0.2) is 44.0 Å². The van der Waals surface area contributed by atoms with Gasteiger partial charge in [0.05, 0.1) is 6.04 Å². The molecule has 0 aromatic carbocycles. The Morgan fingerprint density at radius 1 is 1.27 bits per heavy atom. The van der Waals surface area contributed by atoms with Crippen LogP contribution in [-0.2, 0) is 17.1 Å². The van der Waals surface area contributed by atoms with Gasteiger partial charge in [-0.1, -0.05) is 6.42 Å². The van der Waals surface area contributed by atoms with Crippen molar-refractivity contribution in [1.82, 2.24) is 29.0 Å². The van der Waals surface area contributed by atoms with Gasteiger partial charge >= 0.3 is 0 Å². The van der Waals surface area contributed by atoms with E-state index in [4.69, 9.17) is 0 Å². The first-order chi connectivity index (χ1) is 10.4. The average molecular weight is 324 g/mol. The first-order valence-electron chi connectivity index (χ1n) is 7.30. The highest BCUT2D eigenvalue weighted by atomic mass is 32.2. The molecule has 1 N–H and O–H groups in total. The zero-order valence-electron chi connectivity index (χ0n) is 12.9. The quantitative estimate of drug-likeness (QED) is 0.911. The van der Waals surface area contributed by atoms with Gasteiger partial charge in [0, 0.05) is 19.8 Å². The summed E-state index contributed by atoms with van der Waals surface area (Å²) >= 11 is 0. The van der Waals surface area contributed by atoms with Crippen molar-refractivity contribution < 1.29 is 8.42 Å². The Balaban J connectivity index is 1.99. The van der Waals surface area contributed by atoms with Crippen LogP contribution in [0.5, 0.6) is 0 Å². The number of sulfonamides is 1. The predicted octanol–water partition coefficient (Wildman–Crippen LogP) is 1.07. The van der Waals surface area contributed by atoms with Crippen LogP contribution in [0.4, 0.5) is 0 Å². The zero-order chi connectivity index (χ0) is 15.9. The van der Waals surface area contributed by atoms with Crippen molar-refractivity contribution in [2.75, 3.05) is 6.54 Å². The molecule has 0 spiro atoms. The summed E-state index contributed by atoms with van der Waals surface area (Å²) in [5.41, 5.74) is 0. The molecule has 1 aliphatic rings. The number of nitrogens with one attached hydrogen (secondary N) is 1. The second kappa shape index (κ2) is 5.47. The van der Waals surface area contributed by atoms with Crippen molar-refractivity contribution in [2.24, 2.45) is 7.05 Å². The highest BCUT2D eigenvalue weighted by Gasteiger charge is 2.37. The number of H-pyrrole nitrogens is 1. The Labute approximate surface area is 129 Å². The number of nitrogens with zero attached hydrogens (tertiary/aromatic N) is 5. The first kappa shape index (κ1) is 15.2. The molecule has 1 atom stereocenters. The molecular weight excluding hydrogens is 304 g/mol. The fraction of sp³-hybridized carbons (Fsp3) is 0.615. The monoisotopic (exact) mass is 324 g/mol. The van der Waals surface area contributed by atoms with E-state index in [-0.39, 0.29) is 11.1 Å². The highest BCUT2D eigenvalue weighted by Crippen LogP contribution is 2.33. The molecule has 0 unspecified atom stereocenters. The molecule has 3 rings (SSSR count). The number of piperidine rings is 1. The van der Waals surface area contributed by atoms with Crippen molar-refractivity contribution in [3.05, 3.63) is 23.7 Å². The molecule has 0 amide bonds. The number of hydrogen-bond acceptors (Lipinski definition) is 5. The normalized spacial score (nSPS) is 20.4. The minimum absolute atomic E-state index is 0.0895. The third kappa shape index (κ3) is 2.54. The van der Waals surface area contributed by atoms with Crippen LogP contribution >= 0.6 is 0 Å². The summed E-state index contributed by atoms with van der Waals surface area (Å²) in [6.45, 7) is 4.06. The fourth-order valence-corrected chi connectivity index (χ4v) is 4.41. The minimum Gasteiger partial charge on any atom is -0.337 e. The largest absolute Gasteiger partial charge is 0.337 e. The Kier molecular flexibility index (Phi) is 3.77. The molecule has 0 radical (unpaired) electrons. The SMILES string of the molecule is Cc1nc([C@H]2CCCCN2S(=O)(=O)c2cn(C)c(C)n2)n[nH]1. The van der Waals surface area contributed by atoms with E-state index in [1.54, 1.807) is 31.7 Å². The fourth-order valence-electron chi connectivity index (χ4n) is 2.73. The van der Waals surface area contributed by atoms with E-state index in [2.05, 4.69) is 20.2 Å². The van der Waals surface area contributed by atoms with Gasteiger partial charge in [0.25, 0.3) is 10.0 Å². The minimum atomic E-state index is -3.64. The lowest BCUT2D eigenvalue weighted by Gasteiger charge is -2.32. The molecule has 0 bridgehead atoms. The topological polar surface area (TPSA) is 96.8 Å². The Morgan fingerprint density at radius 2 is 2.05 bits per heavy atom. The summed E-state index contributed by atoms with van der Waals surface area (Å²) in [7, 11) is -1.86.